The van der Waals surface area contributed by atoms with Gasteiger partial charge in [0.05, 0.1) is 0 Å². The Kier molecular flexibility index (Phi) is 3.08. The van der Waals surface area contributed by atoms with Crippen LogP contribution in [0.2, 0.25) is 0 Å². The highest BCUT2D eigenvalue weighted by atomic mass is 35.5. The summed E-state index contributed by atoms with van der Waals surface area (Å²) in [5.74, 6) is 0. The fourth-order valence-electron chi connectivity index (χ4n) is 1.57. The van der Waals surface area contributed by atoms with Crippen LogP contribution >= 0.6 is 23.2 Å². The van der Waals surface area contributed by atoms with Gasteiger partial charge in [-0.1, -0.05) is 37.0 Å². The highest BCUT2D eigenvalue weighted by Crippen LogP contribution is 2.48. The van der Waals surface area contributed by atoms with E-state index in [9.17, 15) is 0 Å². The molecule has 1 aliphatic carbocycles. The Bertz CT molecular complexity index is 199. The first-order valence-corrected chi connectivity index (χ1v) is 4.94. The quantitative estimate of drug-likeness (QED) is 0.689. The van der Waals surface area contributed by atoms with Crippen LogP contribution in [0.15, 0.2) is 10.6 Å². The van der Waals surface area contributed by atoms with E-state index >= 15 is 0 Å². The number of rotatable bonds is 3. The van der Waals surface area contributed by atoms with E-state index in [1.165, 1.54) is 12.0 Å². The lowest BCUT2D eigenvalue weighted by atomic mass is 10.2. The summed E-state index contributed by atoms with van der Waals surface area (Å²) in [5, 5.41) is 0.710. The first-order chi connectivity index (χ1) is 5.47. The molecule has 1 aliphatic rings. The van der Waals surface area contributed by atoms with Crippen LogP contribution in [0.3, 0.4) is 0 Å². The first-order valence-electron chi connectivity index (χ1n) is 4.12. The molecule has 0 aromatic carbocycles. The van der Waals surface area contributed by atoms with Crippen molar-refractivity contribution in [3.8, 4) is 0 Å². The van der Waals surface area contributed by atoms with Gasteiger partial charge >= 0.3 is 0 Å². The maximum Gasteiger partial charge on any atom is 0.0434 e. The van der Waals surface area contributed by atoms with Crippen molar-refractivity contribution in [2.24, 2.45) is 5.41 Å². The number of hydrogen-bond donors (Lipinski definition) is 0. The number of likely N-dealkylation sites (N-methyl/N-ethyl adjacent to an activating group) is 1. The topological polar surface area (TPSA) is 3.24 Å². The Labute approximate surface area is 84.3 Å². The Morgan fingerprint density at radius 1 is 1.67 bits per heavy atom. The average Bonchev–Trinajstić information content (AvgIpc) is 2.59. The zero-order chi connectivity index (χ0) is 9.35. The molecule has 12 heavy (non-hydrogen) atoms. The van der Waals surface area contributed by atoms with Gasteiger partial charge in [-0.2, -0.15) is 0 Å². The third-order valence-corrected chi connectivity index (χ3v) is 3.12. The molecule has 1 unspecified atom stereocenters. The molecular weight excluding hydrogens is 193 g/mol. The molecule has 1 fully saturated rings. The summed E-state index contributed by atoms with van der Waals surface area (Å²) in [6.45, 7) is 5.30. The van der Waals surface area contributed by atoms with E-state index in [-0.39, 0.29) is 0 Å². The van der Waals surface area contributed by atoms with Crippen LogP contribution in [0.25, 0.3) is 0 Å². The van der Waals surface area contributed by atoms with Gasteiger partial charge in [-0.15, -0.1) is 0 Å². The lowest BCUT2D eigenvalue weighted by molar-refractivity contribution is 0.314. The van der Waals surface area contributed by atoms with Gasteiger partial charge in [0, 0.05) is 23.2 Å². The molecule has 0 radical (unpaired) electrons. The van der Waals surface area contributed by atoms with Crippen LogP contribution in [-0.2, 0) is 0 Å². The van der Waals surface area contributed by atoms with Crippen LogP contribution < -0.4 is 0 Å². The Hall–Kier alpha value is 0.280. The molecule has 0 N–H and O–H groups in total. The molecule has 70 valence electrons. The van der Waals surface area contributed by atoms with Gasteiger partial charge in [-0.05, 0) is 18.9 Å². The summed E-state index contributed by atoms with van der Waals surface area (Å²) in [7, 11) is 2.09. The fraction of sp³-hybridized carbons (Fsp3) is 0.778. The van der Waals surface area contributed by atoms with Crippen LogP contribution in [0.4, 0.5) is 0 Å². The van der Waals surface area contributed by atoms with Gasteiger partial charge in [0.15, 0.2) is 0 Å². The summed E-state index contributed by atoms with van der Waals surface area (Å²) < 4.78 is 0. The SMILES string of the molecule is CN(C/C(Cl)=C/Cl)C1CC1(C)C. The fourth-order valence-corrected chi connectivity index (χ4v) is 1.83. The lowest BCUT2D eigenvalue weighted by Crippen LogP contribution is -2.25. The summed E-state index contributed by atoms with van der Waals surface area (Å²) >= 11 is 11.3. The molecule has 0 aliphatic heterocycles. The Balaban J connectivity index is 2.36. The molecule has 0 amide bonds. The van der Waals surface area contributed by atoms with Crippen molar-refractivity contribution >= 4 is 23.2 Å². The van der Waals surface area contributed by atoms with Crippen LogP contribution in [0.5, 0.6) is 0 Å². The molecule has 1 nitrogen and oxygen atoms in total. The van der Waals surface area contributed by atoms with Crippen molar-refractivity contribution in [2.45, 2.75) is 26.3 Å². The van der Waals surface area contributed by atoms with Gasteiger partial charge in [0.2, 0.25) is 0 Å². The first kappa shape index (κ1) is 10.4. The second kappa shape index (κ2) is 3.57. The molecule has 3 heteroatoms. The highest BCUT2D eigenvalue weighted by Gasteiger charge is 2.47. The van der Waals surface area contributed by atoms with E-state index < -0.39 is 0 Å². The minimum absolute atomic E-state index is 0.470. The Morgan fingerprint density at radius 2 is 2.17 bits per heavy atom. The summed E-state index contributed by atoms with van der Waals surface area (Å²) in [6.07, 6.45) is 1.26. The predicted molar refractivity (Wildman–Crippen MR) is 54.6 cm³/mol. The molecule has 1 rings (SSSR count). The maximum atomic E-state index is 5.81. The van der Waals surface area contributed by atoms with Gasteiger partial charge < -0.3 is 0 Å². The highest BCUT2D eigenvalue weighted by molar-refractivity contribution is 6.36. The van der Waals surface area contributed by atoms with Crippen molar-refractivity contribution in [1.82, 2.24) is 4.90 Å². The van der Waals surface area contributed by atoms with E-state index in [1.807, 2.05) is 0 Å². The number of hydrogen-bond acceptors (Lipinski definition) is 1. The smallest absolute Gasteiger partial charge is 0.0434 e. The summed E-state index contributed by atoms with van der Waals surface area (Å²) in [5.41, 5.74) is 1.91. The molecule has 1 atom stereocenters. The van der Waals surface area contributed by atoms with E-state index in [2.05, 4.69) is 25.8 Å². The molecule has 0 spiro atoms. The second-order valence-electron chi connectivity index (χ2n) is 4.18. The van der Waals surface area contributed by atoms with E-state index in [0.29, 0.717) is 16.5 Å². The summed E-state index contributed by atoms with van der Waals surface area (Å²) in [6, 6.07) is 0.669. The summed E-state index contributed by atoms with van der Waals surface area (Å²) in [4.78, 5) is 2.25. The molecule has 0 aromatic heterocycles. The van der Waals surface area contributed by atoms with Gasteiger partial charge in [0.1, 0.15) is 0 Å². The molecule has 0 aromatic rings. The van der Waals surface area contributed by atoms with Crippen LogP contribution in [-0.4, -0.2) is 24.5 Å². The normalized spacial score (nSPS) is 27.8. The van der Waals surface area contributed by atoms with Crippen LogP contribution in [0.1, 0.15) is 20.3 Å². The molecule has 0 saturated heterocycles. The minimum Gasteiger partial charge on any atom is -0.298 e. The predicted octanol–water partition coefficient (Wildman–Crippen LogP) is 3.04. The van der Waals surface area contributed by atoms with Crippen LogP contribution in [0, 0.1) is 5.41 Å². The number of halogens is 2. The van der Waals surface area contributed by atoms with E-state index in [4.69, 9.17) is 23.2 Å². The zero-order valence-corrected chi connectivity index (χ0v) is 9.28. The van der Waals surface area contributed by atoms with E-state index in [0.717, 1.165) is 6.54 Å². The second-order valence-corrected chi connectivity index (χ2v) is 4.88. The average molecular weight is 208 g/mol. The molecule has 0 heterocycles. The zero-order valence-electron chi connectivity index (χ0n) is 7.77. The van der Waals surface area contributed by atoms with Crippen molar-refractivity contribution < 1.29 is 0 Å². The van der Waals surface area contributed by atoms with Crippen molar-refractivity contribution in [2.75, 3.05) is 13.6 Å². The van der Waals surface area contributed by atoms with Crippen molar-refractivity contribution in [3.63, 3.8) is 0 Å². The van der Waals surface area contributed by atoms with Gasteiger partial charge in [-0.3, -0.25) is 4.90 Å². The molecular formula is C9H15Cl2N. The Morgan fingerprint density at radius 3 is 2.50 bits per heavy atom. The third kappa shape index (κ3) is 2.38. The van der Waals surface area contributed by atoms with Gasteiger partial charge in [0.25, 0.3) is 0 Å². The minimum atomic E-state index is 0.470. The number of nitrogens with zero attached hydrogens (tertiary/aromatic N) is 1. The van der Waals surface area contributed by atoms with Crippen molar-refractivity contribution in [3.05, 3.63) is 10.6 Å². The maximum absolute atomic E-state index is 5.81. The monoisotopic (exact) mass is 207 g/mol. The lowest BCUT2D eigenvalue weighted by Gasteiger charge is -2.17. The van der Waals surface area contributed by atoms with Crippen molar-refractivity contribution in [1.29, 1.82) is 0 Å². The standard InChI is InChI=1S/C9H15Cl2N/c1-9(2)4-8(9)12(3)6-7(11)5-10/h5,8H,4,6H2,1-3H3/b7-5-. The van der Waals surface area contributed by atoms with Gasteiger partial charge in [-0.25, -0.2) is 0 Å². The molecule has 1 saturated carbocycles. The van der Waals surface area contributed by atoms with E-state index in [1.54, 1.807) is 0 Å². The third-order valence-electron chi connectivity index (χ3n) is 2.51. The molecule has 0 bridgehead atoms. The largest absolute Gasteiger partial charge is 0.298 e.